The van der Waals surface area contributed by atoms with Gasteiger partial charge in [0.15, 0.2) is 0 Å². The molecule has 0 aliphatic rings. The van der Waals surface area contributed by atoms with Gasteiger partial charge in [-0.15, -0.1) is 0 Å². The van der Waals surface area contributed by atoms with Gasteiger partial charge in [-0.1, -0.05) is 13.3 Å². The lowest BCUT2D eigenvalue weighted by Crippen LogP contribution is -2.10. The number of hydrogen-bond acceptors (Lipinski definition) is 4. The molecule has 0 aromatic rings. The van der Waals surface area contributed by atoms with Gasteiger partial charge in [0.25, 0.3) is 0 Å². The Morgan fingerprint density at radius 3 is 2.54 bits per heavy atom. The average Bonchev–Trinajstić information content (AvgIpc) is 2.00. The van der Waals surface area contributed by atoms with E-state index in [0.29, 0.717) is 6.61 Å². The molecule has 4 nitrogen and oxygen atoms in total. The van der Waals surface area contributed by atoms with Gasteiger partial charge in [-0.3, -0.25) is 4.79 Å². The molecule has 0 unspecified atom stereocenters. The van der Waals surface area contributed by atoms with Crippen LogP contribution < -0.4 is 0 Å². The SMILES string of the molecule is CCCCOC(=O)CCS(=O)(=O)Cl. The van der Waals surface area contributed by atoms with Crippen LogP contribution in [0, 0.1) is 0 Å². The zero-order chi connectivity index (χ0) is 10.3. The molecule has 0 N–H and O–H groups in total. The van der Waals surface area contributed by atoms with Gasteiger partial charge in [-0.2, -0.15) is 0 Å². The second-order valence-corrected chi connectivity index (χ2v) is 5.46. The van der Waals surface area contributed by atoms with Crippen LogP contribution in [0.15, 0.2) is 0 Å². The topological polar surface area (TPSA) is 60.4 Å². The molecule has 0 aromatic heterocycles. The van der Waals surface area contributed by atoms with Crippen molar-refractivity contribution < 1.29 is 17.9 Å². The molecule has 0 heterocycles. The Labute approximate surface area is 82.6 Å². The van der Waals surface area contributed by atoms with Gasteiger partial charge < -0.3 is 4.74 Å². The van der Waals surface area contributed by atoms with E-state index in [9.17, 15) is 13.2 Å². The third kappa shape index (κ3) is 9.63. The molecule has 0 saturated heterocycles. The number of hydrogen-bond donors (Lipinski definition) is 0. The Morgan fingerprint density at radius 2 is 2.08 bits per heavy atom. The maximum absolute atomic E-state index is 10.8. The Morgan fingerprint density at radius 1 is 1.46 bits per heavy atom. The van der Waals surface area contributed by atoms with Crippen molar-refractivity contribution in [1.82, 2.24) is 0 Å². The quantitative estimate of drug-likeness (QED) is 0.391. The first-order chi connectivity index (χ1) is 5.95. The Kier molecular flexibility index (Phi) is 6.07. The Hall–Kier alpha value is -0.290. The van der Waals surface area contributed by atoms with E-state index in [-0.39, 0.29) is 12.2 Å². The van der Waals surface area contributed by atoms with Crippen molar-refractivity contribution in [1.29, 1.82) is 0 Å². The van der Waals surface area contributed by atoms with Crippen molar-refractivity contribution >= 4 is 25.7 Å². The first-order valence-electron chi connectivity index (χ1n) is 4.03. The highest BCUT2D eigenvalue weighted by Gasteiger charge is 2.10. The number of unbranched alkanes of at least 4 members (excludes halogenated alkanes) is 1. The zero-order valence-corrected chi connectivity index (χ0v) is 9.03. The fourth-order valence-electron chi connectivity index (χ4n) is 0.608. The number of carbonyl (C=O) groups is 1. The van der Waals surface area contributed by atoms with Crippen molar-refractivity contribution in [3.05, 3.63) is 0 Å². The Bertz CT molecular complexity index is 247. The summed E-state index contributed by atoms with van der Waals surface area (Å²) in [6.45, 7) is 2.31. The molecule has 0 aliphatic carbocycles. The summed E-state index contributed by atoms with van der Waals surface area (Å²) in [5, 5.41) is 0. The predicted molar refractivity (Wildman–Crippen MR) is 50.1 cm³/mol. The second-order valence-electron chi connectivity index (χ2n) is 2.57. The number of halogens is 1. The van der Waals surface area contributed by atoms with E-state index in [0.717, 1.165) is 12.8 Å². The largest absolute Gasteiger partial charge is 0.466 e. The van der Waals surface area contributed by atoms with Gasteiger partial charge in [0, 0.05) is 10.7 Å². The van der Waals surface area contributed by atoms with Crippen molar-refractivity contribution in [2.75, 3.05) is 12.4 Å². The van der Waals surface area contributed by atoms with Gasteiger partial charge in [0.05, 0.1) is 18.8 Å². The van der Waals surface area contributed by atoms with E-state index in [1.807, 2.05) is 6.92 Å². The molecular weight excluding hydrogens is 216 g/mol. The molecule has 0 aromatic carbocycles. The van der Waals surface area contributed by atoms with Crippen LogP contribution in [0.5, 0.6) is 0 Å². The fourth-order valence-corrected chi connectivity index (χ4v) is 1.25. The smallest absolute Gasteiger partial charge is 0.306 e. The summed E-state index contributed by atoms with van der Waals surface area (Å²) in [4.78, 5) is 10.8. The first-order valence-corrected chi connectivity index (χ1v) is 6.51. The van der Waals surface area contributed by atoms with Crippen molar-refractivity contribution in [2.24, 2.45) is 0 Å². The van der Waals surface area contributed by atoms with Crippen molar-refractivity contribution in [2.45, 2.75) is 26.2 Å². The van der Waals surface area contributed by atoms with Crippen LogP contribution in [-0.4, -0.2) is 26.7 Å². The second kappa shape index (κ2) is 6.21. The van der Waals surface area contributed by atoms with Crippen LogP contribution >= 0.6 is 10.7 Å². The minimum absolute atomic E-state index is 0.171. The average molecular weight is 229 g/mol. The zero-order valence-electron chi connectivity index (χ0n) is 7.45. The molecule has 78 valence electrons. The fraction of sp³-hybridized carbons (Fsp3) is 0.857. The highest BCUT2D eigenvalue weighted by molar-refractivity contribution is 8.13. The third-order valence-corrected chi connectivity index (χ3v) is 2.47. The Balaban J connectivity index is 3.53. The summed E-state index contributed by atoms with van der Waals surface area (Å²) in [6.07, 6.45) is 1.55. The highest BCUT2D eigenvalue weighted by Crippen LogP contribution is 2.00. The number of carbonyl (C=O) groups excluding carboxylic acids is 1. The molecule has 0 saturated carbocycles. The molecule has 0 fully saturated rings. The van der Waals surface area contributed by atoms with Gasteiger partial charge in [0.2, 0.25) is 9.05 Å². The predicted octanol–water partition coefficient (Wildman–Crippen LogP) is 1.29. The number of esters is 1. The van der Waals surface area contributed by atoms with Gasteiger partial charge in [0.1, 0.15) is 0 Å². The van der Waals surface area contributed by atoms with Gasteiger partial charge in [-0.25, -0.2) is 8.42 Å². The summed E-state index contributed by atoms with van der Waals surface area (Å²) in [6, 6.07) is 0. The van der Waals surface area contributed by atoms with Crippen LogP contribution in [0.3, 0.4) is 0 Å². The van der Waals surface area contributed by atoms with Crippen LogP contribution in [0.2, 0.25) is 0 Å². The summed E-state index contributed by atoms with van der Waals surface area (Å²) >= 11 is 0. The lowest BCUT2D eigenvalue weighted by Gasteiger charge is -2.01. The molecule has 0 amide bonds. The summed E-state index contributed by atoms with van der Waals surface area (Å²) < 4.78 is 25.6. The monoisotopic (exact) mass is 228 g/mol. The summed E-state index contributed by atoms with van der Waals surface area (Å²) in [5.74, 6) is -0.878. The first kappa shape index (κ1) is 12.7. The molecule has 13 heavy (non-hydrogen) atoms. The molecule has 0 bridgehead atoms. The standard InChI is InChI=1S/C7H13ClO4S/c1-2-3-5-12-7(9)4-6-13(8,10)11/h2-6H2,1H3. The lowest BCUT2D eigenvalue weighted by molar-refractivity contribution is -0.143. The maximum atomic E-state index is 10.8. The molecule has 0 aliphatic heterocycles. The number of rotatable bonds is 6. The van der Waals surface area contributed by atoms with Crippen LogP contribution in [0.1, 0.15) is 26.2 Å². The van der Waals surface area contributed by atoms with Crippen LogP contribution in [0.4, 0.5) is 0 Å². The van der Waals surface area contributed by atoms with Gasteiger partial charge >= 0.3 is 5.97 Å². The lowest BCUT2D eigenvalue weighted by atomic mass is 10.4. The molecule has 0 rings (SSSR count). The third-order valence-electron chi connectivity index (χ3n) is 1.31. The van der Waals surface area contributed by atoms with E-state index in [1.165, 1.54) is 0 Å². The normalized spacial score (nSPS) is 11.2. The highest BCUT2D eigenvalue weighted by atomic mass is 35.7. The van der Waals surface area contributed by atoms with E-state index in [1.54, 1.807) is 0 Å². The minimum atomic E-state index is -3.58. The van der Waals surface area contributed by atoms with Crippen molar-refractivity contribution in [3.63, 3.8) is 0 Å². The number of ether oxygens (including phenoxy) is 1. The molecule has 6 heteroatoms. The molecule has 0 atom stereocenters. The van der Waals surface area contributed by atoms with E-state index < -0.39 is 15.0 Å². The van der Waals surface area contributed by atoms with E-state index in [2.05, 4.69) is 0 Å². The summed E-state index contributed by atoms with van der Waals surface area (Å²) in [5.41, 5.74) is 0. The minimum Gasteiger partial charge on any atom is -0.466 e. The molecular formula is C7H13ClO4S. The van der Waals surface area contributed by atoms with E-state index in [4.69, 9.17) is 15.4 Å². The van der Waals surface area contributed by atoms with Crippen LogP contribution in [0.25, 0.3) is 0 Å². The van der Waals surface area contributed by atoms with E-state index >= 15 is 0 Å². The van der Waals surface area contributed by atoms with Gasteiger partial charge in [-0.05, 0) is 6.42 Å². The van der Waals surface area contributed by atoms with Crippen LogP contribution in [-0.2, 0) is 18.6 Å². The molecule has 0 radical (unpaired) electrons. The molecule has 0 spiro atoms. The summed E-state index contributed by atoms with van der Waals surface area (Å²) in [7, 11) is 1.32. The maximum Gasteiger partial charge on any atom is 0.306 e. The van der Waals surface area contributed by atoms with Crippen molar-refractivity contribution in [3.8, 4) is 0 Å².